The number of benzene rings is 2. The molecule has 2 aromatic heterocycles. The second kappa shape index (κ2) is 7.83. The minimum atomic E-state index is -0.0785. The van der Waals surface area contributed by atoms with E-state index < -0.39 is 0 Å². The molecular formula is C22H20N4O. The van der Waals surface area contributed by atoms with E-state index in [-0.39, 0.29) is 5.91 Å². The molecule has 27 heavy (non-hydrogen) atoms. The molecule has 0 aliphatic rings. The number of fused-ring (bicyclic) bond motifs is 1. The van der Waals surface area contributed by atoms with E-state index in [0.29, 0.717) is 12.1 Å². The average molecular weight is 356 g/mol. The van der Waals surface area contributed by atoms with E-state index in [2.05, 4.69) is 15.3 Å². The topological polar surface area (TPSA) is 70.7 Å². The van der Waals surface area contributed by atoms with Gasteiger partial charge in [-0.05, 0) is 18.6 Å². The standard InChI is InChI=1S/C22H20N4O/c27-22(25-12-6-11-21-23-13-14-24-21)18-15-20(16-7-2-1-3-8-16)26-19-10-5-4-9-17(18)19/h1-5,7-10,13-15H,6,11-12H2,(H,23,24)(H,25,27). The molecule has 4 rings (SSSR count). The fourth-order valence-corrected chi connectivity index (χ4v) is 3.11. The van der Waals surface area contributed by atoms with Gasteiger partial charge in [0.1, 0.15) is 5.82 Å². The Morgan fingerprint density at radius 3 is 2.67 bits per heavy atom. The van der Waals surface area contributed by atoms with Crippen molar-refractivity contribution in [3.8, 4) is 11.3 Å². The molecule has 5 nitrogen and oxygen atoms in total. The van der Waals surface area contributed by atoms with Gasteiger partial charge in [-0.1, -0.05) is 48.5 Å². The normalized spacial score (nSPS) is 10.8. The van der Waals surface area contributed by atoms with Gasteiger partial charge in [0.15, 0.2) is 0 Å². The van der Waals surface area contributed by atoms with Crippen molar-refractivity contribution < 1.29 is 4.79 Å². The molecule has 2 aromatic carbocycles. The summed E-state index contributed by atoms with van der Waals surface area (Å²) in [5.74, 6) is 0.857. The van der Waals surface area contributed by atoms with Crippen LogP contribution in [0.1, 0.15) is 22.6 Å². The highest BCUT2D eigenvalue weighted by Gasteiger charge is 2.13. The molecule has 0 spiro atoms. The molecular weight excluding hydrogens is 336 g/mol. The van der Waals surface area contributed by atoms with Crippen LogP contribution in [0, 0.1) is 0 Å². The molecule has 0 bridgehead atoms. The largest absolute Gasteiger partial charge is 0.352 e. The van der Waals surface area contributed by atoms with Gasteiger partial charge in [0.05, 0.1) is 16.8 Å². The first-order chi connectivity index (χ1) is 13.3. The maximum Gasteiger partial charge on any atom is 0.252 e. The number of para-hydroxylation sites is 1. The van der Waals surface area contributed by atoms with Gasteiger partial charge in [0, 0.05) is 36.3 Å². The van der Waals surface area contributed by atoms with Gasteiger partial charge in [-0.25, -0.2) is 9.97 Å². The summed E-state index contributed by atoms with van der Waals surface area (Å²) in [6, 6.07) is 19.5. The molecule has 0 saturated carbocycles. The first kappa shape index (κ1) is 17.0. The molecule has 0 saturated heterocycles. The van der Waals surface area contributed by atoms with E-state index in [1.807, 2.05) is 66.9 Å². The molecule has 0 unspecified atom stereocenters. The highest BCUT2D eigenvalue weighted by atomic mass is 16.1. The monoisotopic (exact) mass is 356 g/mol. The zero-order chi connectivity index (χ0) is 18.5. The highest BCUT2D eigenvalue weighted by molar-refractivity contribution is 6.07. The zero-order valence-electron chi connectivity index (χ0n) is 14.9. The number of aromatic nitrogens is 3. The van der Waals surface area contributed by atoms with Gasteiger partial charge in [0.2, 0.25) is 0 Å². The summed E-state index contributed by atoms with van der Waals surface area (Å²) in [5, 5.41) is 3.89. The quantitative estimate of drug-likeness (QED) is 0.513. The number of carbonyl (C=O) groups excluding carboxylic acids is 1. The van der Waals surface area contributed by atoms with Crippen LogP contribution < -0.4 is 5.32 Å². The first-order valence-corrected chi connectivity index (χ1v) is 9.03. The maximum absolute atomic E-state index is 12.8. The summed E-state index contributed by atoms with van der Waals surface area (Å²) in [6.07, 6.45) is 5.18. The van der Waals surface area contributed by atoms with Crippen LogP contribution in [0.4, 0.5) is 0 Å². The summed E-state index contributed by atoms with van der Waals surface area (Å²) in [6.45, 7) is 0.594. The summed E-state index contributed by atoms with van der Waals surface area (Å²) in [4.78, 5) is 24.8. The SMILES string of the molecule is O=C(NCCCc1ncc[nH]1)c1cc(-c2ccccc2)nc2ccccc12. The molecule has 4 aromatic rings. The van der Waals surface area contributed by atoms with Crippen molar-refractivity contribution in [1.29, 1.82) is 0 Å². The van der Waals surface area contributed by atoms with Crippen molar-refractivity contribution in [1.82, 2.24) is 20.3 Å². The number of nitrogens with one attached hydrogen (secondary N) is 2. The fraction of sp³-hybridized carbons (Fsp3) is 0.136. The fourth-order valence-electron chi connectivity index (χ4n) is 3.11. The minimum absolute atomic E-state index is 0.0785. The summed E-state index contributed by atoms with van der Waals surface area (Å²) >= 11 is 0. The van der Waals surface area contributed by atoms with Crippen molar-refractivity contribution in [2.24, 2.45) is 0 Å². The van der Waals surface area contributed by atoms with Gasteiger partial charge in [-0.15, -0.1) is 0 Å². The third kappa shape index (κ3) is 3.87. The smallest absolute Gasteiger partial charge is 0.252 e. The van der Waals surface area contributed by atoms with E-state index in [1.165, 1.54) is 0 Å². The minimum Gasteiger partial charge on any atom is -0.352 e. The number of rotatable bonds is 6. The molecule has 134 valence electrons. The lowest BCUT2D eigenvalue weighted by Gasteiger charge is -2.10. The molecule has 1 amide bonds. The Bertz CT molecular complexity index is 1040. The third-order valence-corrected chi connectivity index (χ3v) is 4.46. The van der Waals surface area contributed by atoms with Crippen LogP contribution >= 0.6 is 0 Å². The van der Waals surface area contributed by atoms with E-state index in [4.69, 9.17) is 4.98 Å². The Hall–Kier alpha value is -3.47. The second-order valence-electron chi connectivity index (χ2n) is 6.33. The Morgan fingerprint density at radius 1 is 1.04 bits per heavy atom. The first-order valence-electron chi connectivity index (χ1n) is 9.03. The lowest BCUT2D eigenvalue weighted by atomic mass is 10.0. The second-order valence-corrected chi connectivity index (χ2v) is 6.33. The van der Waals surface area contributed by atoms with Crippen molar-refractivity contribution in [2.45, 2.75) is 12.8 Å². The van der Waals surface area contributed by atoms with Crippen molar-refractivity contribution >= 4 is 16.8 Å². The predicted molar refractivity (Wildman–Crippen MR) is 106 cm³/mol. The number of nitrogens with zero attached hydrogens (tertiary/aromatic N) is 2. The summed E-state index contributed by atoms with van der Waals surface area (Å²) in [7, 11) is 0. The van der Waals surface area contributed by atoms with Gasteiger partial charge in [-0.2, -0.15) is 0 Å². The van der Waals surface area contributed by atoms with E-state index in [9.17, 15) is 4.79 Å². The van der Waals surface area contributed by atoms with E-state index in [0.717, 1.165) is 40.8 Å². The Morgan fingerprint density at radius 2 is 1.85 bits per heavy atom. The number of aryl methyl sites for hydroxylation is 1. The van der Waals surface area contributed by atoms with Crippen molar-refractivity contribution in [2.75, 3.05) is 6.54 Å². The Kier molecular flexibility index (Phi) is 4.92. The van der Waals surface area contributed by atoms with Gasteiger partial charge in [-0.3, -0.25) is 4.79 Å². The predicted octanol–water partition coefficient (Wildman–Crippen LogP) is 3.99. The molecule has 0 atom stereocenters. The van der Waals surface area contributed by atoms with Crippen LogP contribution in [-0.2, 0) is 6.42 Å². The molecule has 2 heterocycles. The number of H-pyrrole nitrogens is 1. The van der Waals surface area contributed by atoms with Gasteiger partial charge < -0.3 is 10.3 Å². The van der Waals surface area contributed by atoms with Gasteiger partial charge in [0.25, 0.3) is 5.91 Å². The van der Waals surface area contributed by atoms with Crippen LogP contribution in [0.25, 0.3) is 22.2 Å². The summed E-state index contributed by atoms with van der Waals surface area (Å²) in [5.41, 5.74) is 3.27. The number of amides is 1. The molecule has 0 aliphatic carbocycles. The Labute approximate surface area is 157 Å². The molecule has 2 N–H and O–H groups in total. The Balaban J connectivity index is 1.56. The van der Waals surface area contributed by atoms with Gasteiger partial charge >= 0.3 is 0 Å². The van der Waals surface area contributed by atoms with Crippen LogP contribution in [-0.4, -0.2) is 27.4 Å². The number of aromatic amines is 1. The van der Waals surface area contributed by atoms with Crippen LogP contribution in [0.15, 0.2) is 73.1 Å². The molecule has 0 aliphatic heterocycles. The zero-order valence-corrected chi connectivity index (χ0v) is 14.9. The van der Waals surface area contributed by atoms with Crippen molar-refractivity contribution in [3.63, 3.8) is 0 Å². The van der Waals surface area contributed by atoms with E-state index >= 15 is 0 Å². The van der Waals surface area contributed by atoms with Crippen LogP contribution in [0.5, 0.6) is 0 Å². The number of hydrogen-bond acceptors (Lipinski definition) is 3. The number of carbonyl (C=O) groups is 1. The summed E-state index contributed by atoms with van der Waals surface area (Å²) < 4.78 is 0. The van der Waals surface area contributed by atoms with Crippen LogP contribution in [0.2, 0.25) is 0 Å². The van der Waals surface area contributed by atoms with Crippen molar-refractivity contribution in [3.05, 3.63) is 84.4 Å². The third-order valence-electron chi connectivity index (χ3n) is 4.46. The molecule has 5 heteroatoms. The number of hydrogen-bond donors (Lipinski definition) is 2. The average Bonchev–Trinajstić information content (AvgIpc) is 3.24. The highest BCUT2D eigenvalue weighted by Crippen LogP contribution is 2.24. The number of pyridine rings is 1. The lowest BCUT2D eigenvalue weighted by molar-refractivity contribution is 0.0955. The molecule has 0 radical (unpaired) electrons. The lowest BCUT2D eigenvalue weighted by Crippen LogP contribution is -2.25. The number of imidazole rings is 1. The maximum atomic E-state index is 12.8. The van der Waals surface area contributed by atoms with E-state index in [1.54, 1.807) is 6.20 Å². The van der Waals surface area contributed by atoms with Crippen LogP contribution in [0.3, 0.4) is 0 Å². The molecule has 0 fully saturated rings.